The highest BCUT2D eigenvalue weighted by atomic mass is 35.5. The number of hydrogen-bond donors (Lipinski definition) is 1. The molecule has 2 rings (SSSR count). The van der Waals surface area contributed by atoms with Crippen molar-refractivity contribution in [3.63, 3.8) is 0 Å². The van der Waals surface area contributed by atoms with E-state index in [1.165, 1.54) is 0 Å². The Kier molecular flexibility index (Phi) is 6.30. The van der Waals surface area contributed by atoms with Crippen LogP contribution in [-0.4, -0.2) is 37.6 Å². The van der Waals surface area contributed by atoms with E-state index in [9.17, 15) is 4.79 Å². The fourth-order valence-corrected chi connectivity index (χ4v) is 2.72. The van der Waals surface area contributed by atoms with Gasteiger partial charge in [0.1, 0.15) is 11.5 Å². The molecule has 1 aliphatic heterocycles. The molecule has 1 fully saturated rings. The highest BCUT2D eigenvalue weighted by molar-refractivity contribution is 5.85. The number of benzene rings is 1. The minimum Gasteiger partial charge on any atom is -0.497 e. The molecule has 2 atom stereocenters. The number of amides is 1. The van der Waals surface area contributed by atoms with Crippen molar-refractivity contribution in [2.75, 3.05) is 20.8 Å². The lowest BCUT2D eigenvalue weighted by Gasteiger charge is -2.28. The number of likely N-dealkylation sites (tertiary alicyclic amines) is 1. The zero-order chi connectivity index (χ0) is 14.7. The molecule has 5 nitrogen and oxygen atoms in total. The Morgan fingerprint density at radius 3 is 2.67 bits per heavy atom. The first-order chi connectivity index (χ1) is 9.58. The smallest absolute Gasteiger partial charge is 0.239 e. The van der Waals surface area contributed by atoms with Crippen LogP contribution in [-0.2, 0) is 4.79 Å². The Morgan fingerprint density at radius 2 is 2.10 bits per heavy atom. The lowest BCUT2D eigenvalue weighted by molar-refractivity contribution is -0.133. The molecule has 1 heterocycles. The molecule has 1 aliphatic rings. The van der Waals surface area contributed by atoms with Crippen LogP contribution in [0.2, 0.25) is 0 Å². The fraction of sp³-hybridized carbons (Fsp3) is 0.533. The van der Waals surface area contributed by atoms with Crippen LogP contribution < -0.4 is 15.2 Å². The third-order valence-electron chi connectivity index (χ3n) is 3.72. The second-order valence-corrected chi connectivity index (χ2v) is 5.09. The van der Waals surface area contributed by atoms with Gasteiger partial charge in [-0.1, -0.05) is 0 Å². The van der Waals surface area contributed by atoms with Gasteiger partial charge in [0, 0.05) is 12.1 Å². The summed E-state index contributed by atoms with van der Waals surface area (Å²) in [6.07, 6.45) is 1.89. The van der Waals surface area contributed by atoms with E-state index in [1.807, 2.05) is 23.1 Å². The molecule has 118 valence electrons. The number of rotatable bonds is 4. The molecular formula is C15H23ClN2O3. The summed E-state index contributed by atoms with van der Waals surface area (Å²) in [6, 6.07) is 5.21. The second kappa shape index (κ2) is 7.52. The Balaban J connectivity index is 0.00000220. The highest BCUT2D eigenvalue weighted by Gasteiger charge is 2.33. The summed E-state index contributed by atoms with van der Waals surface area (Å²) >= 11 is 0. The largest absolute Gasteiger partial charge is 0.497 e. The predicted molar refractivity (Wildman–Crippen MR) is 84.1 cm³/mol. The summed E-state index contributed by atoms with van der Waals surface area (Å²) in [6.45, 7) is 2.46. The van der Waals surface area contributed by atoms with E-state index < -0.39 is 6.04 Å². The number of carbonyl (C=O) groups excluding carboxylic acids is 1. The number of nitrogens with two attached hydrogens (primary N) is 1. The molecule has 0 aromatic heterocycles. The molecule has 1 saturated heterocycles. The van der Waals surface area contributed by atoms with Crippen LogP contribution in [0.3, 0.4) is 0 Å². The lowest BCUT2D eigenvalue weighted by Crippen LogP contribution is -2.41. The van der Waals surface area contributed by atoms with E-state index in [0.717, 1.165) is 36.4 Å². The third kappa shape index (κ3) is 3.60. The van der Waals surface area contributed by atoms with Gasteiger partial charge in [-0.05, 0) is 38.0 Å². The summed E-state index contributed by atoms with van der Waals surface area (Å²) in [7, 11) is 3.27. The SMILES string of the molecule is COc1ccc(OC)c(C2CCCN2C(=O)[C@@H](C)N)c1.Cl. The predicted octanol–water partition coefficient (Wildman–Crippen LogP) is 2.14. The number of carbonyl (C=O) groups is 1. The van der Waals surface area contributed by atoms with E-state index in [0.29, 0.717) is 0 Å². The normalized spacial score (nSPS) is 18.9. The van der Waals surface area contributed by atoms with E-state index in [2.05, 4.69) is 0 Å². The molecule has 0 bridgehead atoms. The molecular weight excluding hydrogens is 292 g/mol. The van der Waals surface area contributed by atoms with Gasteiger partial charge in [0.25, 0.3) is 0 Å². The second-order valence-electron chi connectivity index (χ2n) is 5.09. The summed E-state index contributed by atoms with van der Waals surface area (Å²) in [5, 5.41) is 0. The molecule has 21 heavy (non-hydrogen) atoms. The molecule has 0 spiro atoms. The molecule has 0 aliphatic carbocycles. The van der Waals surface area contributed by atoms with Crippen molar-refractivity contribution >= 4 is 18.3 Å². The Labute approximate surface area is 131 Å². The number of methoxy groups -OCH3 is 2. The average Bonchev–Trinajstić information content (AvgIpc) is 2.94. The van der Waals surface area contributed by atoms with Crippen LogP contribution in [0, 0.1) is 0 Å². The minimum atomic E-state index is -0.479. The number of nitrogens with zero attached hydrogens (tertiary/aromatic N) is 1. The quantitative estimate of drug-likeness (QED) is 0.924. The summed E-state index contributed by atoms with van der Waals surface area (Å²) in [4.78, 5) is 14.1. The van der Waals surface area contributed by atoms with Gasteiger partial charge in [-0.15, -0.1) is 12.4 Å². The molecule has 1 aromatic carbocycles. The monoisotopic (exact) mass is 314 g/mol. The van der Waals surface area contributed by atoms with Crippen LogP contribution in [0.15, 0.2) is 18.2 Å². The van der Waals surface area contributed by atoms with Crippen molar-refractivity contribution < 1.29 is 14.3 Å². The van der Waals surface area contributed by atoms with Crippen LogP contribution in [0.4, 0.5) is 0 Å². The molecule has 1 amide bonds. The standard InChI is InChI=1S/C15H22N2O3.ClH/c1-10(16)15(18)17-8-4-5-13(17)12-9-11(19-2)6-7-14(12)20-3;/h6-7,9-10,13H,4-5,8,16H2,1-3H3;1H/t10-,13?;/m1./s1. The molecule has 1 aromatic rings. The van der Waals surface area contributed by atoms with E-state index in [4.69, 9.17) is 15.2 Å². The fourth-order valence-electron chi connectivity index (χ4n) is 2.72. The average molecular weight is 315 g/mol. The molecule has 6 heteroatoms. The van der Waals surface area contributed by atoms with Crippen LogP contribution in [0.25, 0.3) is 0 Å². The van der Waals surface area contributed by atoms with Crippen molar-refractivity contribution in [3.05, 3.63) is 23.8 Å². The van der Waals surface area contributed by atoms with Crippen LogP contribution in [0.1, 0.15) is 31.4 Å². The van der Waals surface area contributed by atoms with Crippen molar-refractivity contribution in [1.82, 2.24) is 4.90 Å². The van der Waals surface area contributed by atoms with Gasteiger partial charge in [0.05, 0.1) is 26.3 Å². The highest BCUT2D eigenvalue weighted by Crippen LogP contribution is 2.39. The number of ether oxygens (including phenoxy) is 2. The minimum absolute atomic E-state index is 0. The van der Waals surface area contributed by atoms with Crippen molar-refractivity contribution in [2.24, 2.45) is 5.73 Å². The number of hydrogen-bond acceptors (Lipinski definition) is 4. The first-order valence-electron chi connectivity index (χ1n) is 6.86. The third-order valence-corrected chi connectivity index (χ3v) is 3.72. The lowest BCUT2D eigenvalue weighted by atomic mass is 10.0. The van der Waals surface area contributed by atoms with E-state index >= 15 is 0 Å². The summed E-state index contributed by atoms with van der Waals surface area (Å²) in [5.74, 6) is 1.53. The van der Waals surface area contributed by atoms with Gasteiger partial charge in [-0.3, -0.25) is 4.79 Å². The maximum Gasteiger partial charge on any atom is 0.239 e. The molecule has 1 unspecified atom stereocenters. The Bertz CT molecular complexity index is 494. The first kappa shape index (κ1) is 17.6. The van der Waals surface area contributed by atoms with Crippen molar-refractivity contribution in [2.45, 2.75) is 31.8 Å². The first-order valence-corrected chi connectivity index (χ1v) is 6.86. The zero-order valence-corrected chi connectivity index (χ0v) is 13.5. The molecule has 0 saturated carbocycles. The molecule has 0 radical (unpaired) electrons. The van der Waals surface area contributed by atoms with Gasteiger partial charge in [0.15, 0.2) is 0 Å². The zero-order valence-electron chi connectivity index (χ0n) is 12.7. The molecule has 2 N–H and O–H groups in total. The van der Waals surface area contributed by atoms with Crippen molar-refractivity contribution in [1.29, 1.82) is 0 Å². The summed E-state index contributed by atoms with van der Waals surface area (Å²) < 4.78 is 10.7. The van der Waals surface area contributed by atoms with Gasteiger partial charge >= 0.3 is 0 Å². The van der Waals surface area contributed by atoms with Gasteiger partial charge < -0.3 is 20.1 Å². The van der Waals surface area contributed by atoms with Crippen LogP contribution >= 0.6 is 12.4 Å². The van der Waals surface area contributed by atoms with Gasteiger partial charge in [-0.25, -0.2) is 0 Å². The Hall–Kier alpha value is -1.46. The van der Waals surface area contributed by atoms with E-state index in [-0.39, 0.29) is 24.4 Å². The van der Waals surface area contributed by atoms with Crippen molar-refractivity contribution in [3.8, 4) is 11.5 Å². The van der Waals surface area contributed by atoms with Crippen LogP contribution in [0.5, 0.6) is 11.5 Å². The summed E-state index contributed by atoms with van der Waals surface area (Å²) in [5.41, 5.74) is 6.72. The maximum atomic E-state index is 12.2. The Morgan fingerprint density at radius 1 is 1.38 bits per heavy atom. The topological polar surface area (TPSA) is 64.8 Å². The van der Waals surface area contributed by atoms with Gasteiger partial charge in [0.2, 0.25) is 5.91 Å². The number of halogens is 1. The maximum absolute atomic E-state index is 12.2. The van der Waals surface area contributed by atoms with E-state index in [1.54, 1.807) is 21.1 Å². The van der Waals surface area contributed by atoms with Gasteiger partial charge in [-0.2, -0.15) is 0 Å².